The number of halogens is 4. The van der Waals surface area contributed by atoms with Gasteiger partial charge in [-0.05, 0) is 44.4 Å². The molecule has 2 N–H and O–H groups in total. The molecule has 4 heterocycles. The summed E-state index contributed by atoms with van der Waals surface area (Å²) in [7, 11) is -3.53. The van der Waals surface area contributed by atoms with E-state index in [1.54, 1.807) is 4.68 Å². The van der Waals surface area contributed by atoms with E-state index in [1.165, 1.54) is 16.4 Å². The number of likely N-dealkylation sites (tertiary alicyclic amines) is 2. The Morgan fingerprint density at radius 3 is 2.52 bits per heavy atom. The molecule has 3 aliphatic rings. The molecule has 0 bridgehead atoms. The van der Waals surface area contributed by atoms with Crippen LogP contribution in [-0.2, 0) is 35.7 Å². The number of aliphatic hydroxyl groups is 2. The minimum absolute atomic E-state index is 0.0337. The first-order valence-corrected chi connectivity index (χ1v) is 17.9. The van der Waals surface area contributed by atoms with Gasteiger partial charge in [-0.1, -0.05) is 6.07 Å². The number of aliphatic hydroxyl groups excluding tert-OH is 2. The maximum atomic E-state index is 14.0. The lowest BCUT2D eigenvalue weighted by Gasteiger charge is -2.31. The van der Waals surface area contributed by atoms with Crippen molar-refractivity contribution in [3.63, 3.8) is 0 Å². The van der Waals surface area contributed by atoms with Gasteiger partial charge in [-0.25, -0.2) is 12.8 Å². The fourth-order valence-electron chi connectivity index (χ4n) is 6.32. The van der Waals surface area contributed by atoms with Crippen molar-refractivity contribution in [3.05, 3.63) is 35.0 Å². The first-order valence-electron chi connectivity index (χ1n) is 15.1. The number of piperidine rings is 2. The highest BCUT2D eigenvalue weighted by Crippen LogP contribution is 2.40. The van der Waals surface area contributed by atoms with E-state index in [0.717, 1.165) is 49.2 Å². The van der Waals surface area contributed by atoms with Crippen LogP contribution < -0.4 is 0 Å². The van der Waals surface area contributed by atoms with Gasteiger partial charge in [-0.15, -0.1) is 11.8 Å². The maximum Gasteiger partial charge on any atom is 0.417 e. The zero-order chi connectivity index (χ0) is 31.6. The van der Waals surface area contributed by atoms with E-state index >= 15 is 0 Å². The summed E-state index contributed by atoms with van der Waals surface area (Å²) in [6, 6.07) is 3.89. The smallest absolute Gasteiger partial charge is 0.392 e. The average molecular weight is 664 g/mol. The molecule has 1 aromatic carbocycles. The molecular formula is C29H41F4N5O4S2. The molecule has 0 spiro atoms. The molecule has 2 fully saturated rings. The van der Waals surface area contributed by atoms with Crippen molar-refractivity contribution >= 4 is 21.8 Å². The zero-order valence-electron chi connectivity index (χ0n) is 24.8. The molecule has 44 heavy (non-hydrogen) atoms. The number of hydrogen-bond donors (Lipinski definition) is 2. The van der Waals surface area contributed by atoms with E-state index in [2.05, 4.69) is 4.90 Å². The summed E-state index contributed by atoms with van der Waals surface area (Å²) in [5.74, 6) is 0.398. The number of benzene rings is 1. The second-order valence-corrected chi connectivity index (χ2v) is 15.2. The van der Waals surface area contributed by atoms with E-state index in [9.17, 15) is 36.2 Å². The number of rotatable bonds is 10. The van der Waals surface area contributed by atoms with Crippen LogP contribution in [0.1, 0.15) is 42.5 Å². The molecule has 1 aromatic heterocycles. The number of sulfonamides is 1. The number of aromatic nitrogens is 2. The molecule has 2 atom stereocenters. The molecule has 2 unspecified atom stereocenters. The van der Waals surface area contributed by atoms with Gasteiger partial charge in [0.05, 0.1) is 36.3 Å². The summed E-state index contributed by atoms with van der Waals surface area (Å²) in [5.41, 5.74) is 1.46. The molecule has 9 nitrogen and oxygen atoms in total. The molecule has 5 rings (SSSR count). The third-order valence-corrected chi connectivity index (χ3v) is 10.9. The molecule has 0 aliphatic carbocycles. The van der Waals surface area contributed by atoms with Crippen LogP contribution in [0.5, 0.6) is 0 Å². The minimum atomic E-state index is -4.56. The summed E-state index contributed by atoms with van der Waals surface area (Å²) < 4.78 is 83.4. The van der Waals surface area contributed by atoms with Gasteiger partial charge in [-0.3, -0.25) is 9.58 Å². The lowest BCUT2D eigenvalue weighted by molar-refractivity contribution is -0.139. The number of β-amino-alcohol motifs (C(OH)–C–C–N with tert-alkyl or cyclic N) is 2. The Labute approximate surface area is 260 Å². The third kappa shape index (κ3) is 8.34. The minimum Gasteiger partial charge on any atom is -0.392 e. The van der Waals surface area contributed by atoms with Crippen LogP contribution in [0.4, 0.5) is 17.6 Å². The monoisotopic (exact) mass is 663 g/mol. The van der Waals surface area contributed by atoms with E-state index in [4.69, 9.17) is 5.10 Å². The van der Waals surface area contributed by atoms with Crippen LogP contribution in [0.25, 0.3) is 11.3 Å². The van der Waals surface area contributed by atoms with Gasteiger partial charge >= 0.3 is 6.18 Å². The fraction of sp³-hybridized carbons (Fsp3) is 0.690. The van der Waals surface area contributed by atoms with Crippen LogP contribution in [0.3, 0.4) is 0 Å². The molecule has 2 saturated heterocycles. The van der Waals surface area contributed by atoms with Crippen LogP contribution in [-0.4, -0.2) is 119 Å². The molecule has 2 aromatic rings. The lowest BCUT2D eigenvalue weighted by Crippen LogP contribution is -2.43. The third-order valence-electron chi connectivity index (χ3n) is 8.64. The van der Waals surface area contributed by atoms with Crippen LogP contribution in [0, 0.1) is 0 Å². The summed E-state index contributed by atoms with van der Waals surface area (Å²) in [6.07, 6.45) is -2.74. The standard InChI is InChI=1S/C29H41F4N5O4S2/c1-44(41,42)37-12-8-26-24(19-37)28(34-38(26)18-23(40)17-36-9-2-3-22(39)16-36)20-4-5-25(29(31,32)33)27(15-20)43-14-13-35-10-6-21(30)7-11-35/h4-5,15,21-23,39-40H,2-3,6-14,16-19H2,1H3. The van der Waals surface area contributed by atoms with E-state index in [0.29, 0.717) is 74.6 Å². The predicted molar refractivity (Wildman–Crippen MR) is 161 cm³/mol. The number of hydrogen-bond acceptors (Lipinski definition) is 8. The Hall–Kier alpha value is -1.75. The first-order chi connectivity index (χ1) is 20.8. The van der Waals surface area contributed by atoms with E-state index in [1.807, 2.05) is 4.90 Å². The Balaban J connectivity index is 1.42. The Morgan fingerprint density at radius 1 is 1.09 bits per heavy atom. The highest BCUT2D eigenvalue weighted by Gasteiger charge is 2.35. The Kier molecular flexibility index (Phi) is 10.6. The van der Waals surface area contributed by atoms with E-state index < -0.39 is 40.1 Å². The molecule has 0 amide bonds. The van der Waals surface area contributed by atoms with Crippen molar-refractivity contribution in [2.75, 3.05) is 57.8 Å². The van der Waals surface area contributed by atoms with Gasteiger partial charge in [0.25, 0.3) is 0 Å². The van der Waals surface area contributed by atoms with Gasteiger partial charge in [-0.2, -0.15) is 22.6 Å². The van der Waals surface area contributed by atoms with Gasteiger partial charge in [0.1, 0.15) is 6.17 Å². The number of alkyl halides is 4. The maximum absolute atomic E-state index is 14.0. The van der Waals surface area contributed by atoms with Gasteiger partial charge in [0.15, 0.2) is 0 Å². The lowest BCUT2D eigenvalue weighted by atomic mass is 10.0. The molecule has 3 aliphatic heterocycles. The van der Waals surface area contributed by atoms with Crippen molar-refractivity contribution in [1.82, 2.24) is 23.9 Å². The number of nitrogens with zero attached hydrogens (tertiary/aromatic N) is 5. The van der Waals surface area contributed by atoms with Crippen molar-refractivity contribution in [2.24, 2.45) is 0 Å². The second kappa shape index (κ2) is 13.9. The van der Waals surface area contributed by atoms with Crippen molar-refractivity contribution in [3.8, 4) is 11.3 Å². The van der Waals surface area contributed by atoms with Crippen molar-refractivity contribution < 1.29 is 36.2 Å². The summed E-state index contributed by atoms with van der Waals surface area (Å²) in [5, 5.41) is 25.7. The van der Waals surface area contributed by atoms with Gasteiger partial charge in [0, 0.05) is 79.7 Å². The van der Waals surface area contributed by atoms with E-state index in [-0.39, 0.29) is 24.5 Å². The van der Waals surface area contributed by atoms with Crippen LogP contribution >= 0.6 is 11.8 Å². The average Bonchev–Trinajstić information content (AvgIpc) is 3.30. The molecular weight excluding hydrogens is 622 g/mol. The summed E-state index contributed by atoms with van der Waals surface area (Å²) in [4.78, 5) is 4.12. The summed E-state index contributed by atoms with van der Waals surface area (Å²) in [6.45, 7) is 3.68. The van der Waals surface area contributed by atoms with Gasteiger partial charge in [0.2, 0.25) is 10.0 Å². The highest BCUT2D eigenvalue weighted by atomic mass is 32.2. The molecule has 246 valence electrons. The molecule has 15 heteroatoms. The fourth-order valence-corrected chi connectivity index (χ4v) is 8.22. The molecule has 0 saturated carbocycles. The molecule has 0 radical (unpaired) electrons. The van der Waals surface area contributed by atoms with Crippen LogP contribution in [0.15, 0.2) is 23.1 Å². The second-order valence-electron chi connectivity index (χ2n) is 12.1. The highest BCUT2D eigenvalue weighted by molar-refractivity contribution is 7.99. The Morgan fingerprint density at radius 2 is 1.84 bits per heavy atom. The summed E-state index contributed by atoms with van der Waals surface area (Å²) >= 11 is 1.09. The number of fused-ring (bicyclic) bond motifs is 1. The van der Waals surface area contributed by atoms with Crippen molar-refractivity contribution in [1.29, 1.82) is 0 Å². The number of thioether (sulfide) groups is 1. The van der Waals surface area contributed by atoms with Gasteiger partial charge < -0.3 is 15.1 Å². The first kappa shape index (κ1) is 33.6. The normalized spacial score (nSPS) is 22.3. The zero-order valence-corrected chi connectivity index (χ0v) is 26.5. The quantitative estimate of drug-likeness (QED) is 0.295. The topological polar surface area (TPSA) is 102 Å². The predicted octanol–water partition coefficient (Wildman–Crippen LogP) is 3.23. The Bertz CT molecular complexity index is 1400. The van der Waals surface area contributed by atoms with Crippen LogP contribution in [0.2, 0.25) is 0 Å². The van der Waals surface area contributed by atoms with Crippen molar-refractivity contribution in [2.45, 2.75) is 74.6 Å². The SMILES string of the molecule is CS(=O)(=O)N1CCc2c(c(-c3ccc(C(F)(F)F)c(SCCN4CCC(F)CC4)c3)nn2CC(O)CN2CCCC(O)C2)C1. The largest absolute Gasteiger partial charge is 0.417 e.